The fourth-order valence-electron chi connectivity index (χ4n) is 0.431. The molecule has 0 aromatic carbocycles. The normalized spacial score (nSPS) is 11.1. The third-order valence-electron chi connectivity index (χ3n) is 1.05. The summed E-state index contributed by atoms with van der Waals surface area (Å²) in [4.78, 5) is 1.11. The first-order chi connectivity index (χ1) is 4.22. The molecule has 0 saturated heterocycles. The van der Waals surface area contributed by atoms with Crippen LogP contribution in [0, 0.1) is 0 Å². The van der Waals surface area contributed by atoms with E-state index in [1.807, 2.05) is 19.3 Å². The molecular formula is C8H12S. The Bertz CT molecular complexity index is 143. The highest BCUT2D eigenvalue weighted by atomic mass is 32.2. The Kier molecular flexibility index (Phi) is 4.24. The molecule has 0 aliphatic rings. The smallest absolute Gasteiger partial charge is 0.00264 e. The highest BCUT2D eigenvalue weighted by molar-refractivity contribution is 8.02. The van der Waals surface area contributed by atoms with Gasteiger partial charge in [-0.15, -0.1) is 11.8 Å². The van der Waals surface area contributed by atoms with E-state index in [-0.39, 0.29) is 0 Å². The fourth-order valence-corrected chi connectivity index (χ4v) is 0.821. The van der Waals surface area contributed by atoms with E-state index < -0.39 is 0 Å². The molecule has 0 radical (unpaired) electrons. The highest BCUT2D eigenvalue weighted by Crippen LogP contribution is 2.17. The van der Waals surface area contributed by atoms with Crippen LogP contribution < -0.4 is 0 Å². The van der Waals surface area contributed by atoms with Crippen molar-refractivity contribution in [1.29, 1.82) is 0 Å². The molecule has 0 atom stereocenters. The first-order valence-electron chi connectivity index (χ1n) is 2.75. The number of rotatable bonds is 3. The Hall–Kier alpha value is -0.430. The molecule has 0 saturated carbocycles. The summed E-state index contributed by atoms with van der Waals surface area (Å²) in [5.74, 6) is 0. The third-order valence-corrected chi connectivity index (χ3v) is 1.87. The number of allylic oxidation sites excluding steroid dienone is 3. The van der Waals surface area contributed by atoms with Gasteiger partial charge in [-0.25, -0.2) is 0 Å². The molecule has 0 aliphatic heterocycles. The standard InChI is InChI=1S/C8H12S/c1-5-6-7(2)8(3)9-4/h5-6H,1,3H2,2,4H3/b7-6-. The summed E-state index contributed by atoms with van der Waals surface area (Å²) in [7, 11) is 0. The molecule has 0 N–H and O–H groups in total. The molecule has 0 nitrogen and oxygen atoms in total. The molecule has 0 aromatic heterocycles. The molecule has 0 fully saturated rings. The van der Waals surface area contributed by atoms with E-state index in [1.165, 1.54) is 5.57 Å². The maximum atomic E-state index is 3.84. The van der Waals surface area contributed by atoms with Crippen LogP contribution in [0.25, 0.3) is 0 Å². The molecule has 1 heteroatoms. The molecule has 0 aromatic rings. The minimum atomic E-state index is 1.11. The van der Waals surface area contributed by atoms with Gasteiger partial charge >= 0.3 is 0 Å². The summed E-state index contributed by atoms with van der Waals surface area (Å²) in [5.41, 5.74) is 1.19. The molecule has 0 rings (SSSR count). The van der Waals surface area contributed by atoms with Gasteiger partial charge in [0, 0.05) is 4.91 Å². The maximum absolute atomic E-state index is 3.84. The average Bonchev–Trinajstić information content (AvgIpc) is 1.87. The monoisotopic (exact) mass is 140 g/mol. The molecule has 0 amide bonds. The highest BCUT2D eigenvalue weighted by Gasteiger charge is 1.89. The minimum absolute atomic E-state index is 1.11. The molecular weight excluding hydrogens is 128 g/mol. The Morgan fingerprint density at radius 3 is 2.44 bits per heavy atom. The van der Waals surface area contributed by atoms with Crippen molar-refractivity contribution in [3.63, 3.8) is 0 Å². The van der Waals surface area contributed by atoms with Crippen molar-refractivity contribution in [1.82, 2.24) is 0 Å². The van der Waals surface area contributed by atoms with E-state index >= 15 is 0 Å². The first kappa shape index (κ1) is 8.57. The zero-order valence-corrected chi connectivity index (χ0v) is 6.79. The summed E-state index contributed by atoms with van der Waals surface area (Å²) in [5, 5.41) is 0. The van der Waals surface area contributed by atoms with Gasteiger partial charge in [-0.05, 0) is 18.8 Å². The average molecular weight is 140 g/mol. The second-order valence-electron chi connectivity index (χ2n) is 1.71. The number of hydrogen-bond acceptors (Lipinski definition) is 1. The minimum Gasteiger partial charge on any atom is -0.130 e. The van der Waals surface area contributed by atoms with Crippen molar-refractivity contribution >= 4 is 11.8 Å². The predicted molar refractivity (Wildman–Crippen MR) is 46.6 cm³/mol. The molecule has 0 spiro atoms. The largest absolute Gasteiger partial charge is 0.130 e. The zero-order chi connectivity index (χ0) is 7.28. The van der Waals surface area contributed by atoms with Gasteiger partial charge < -0.3 is 0 Å². The van der Waals surface area contributed by atoms with Crippen molar-refractivity contribution in [2.24, 2.45) is 0 Å². The summed E-state index contributed by atoms with van der Waals surface area (Å²) in [6.45, 7) is 9.46. The van der Waals surface area contributed by atoms with Crippen LogP contribution in [0.1, 0.15) is 6.92 Å². The molecule has 0 unspecified atom stereocenters. The number of thioether (sulfide) groups is 1. The Morgan fingerprint density at radius 1 is 1.56 bits per heavy atom. The SMILES string of the molecule is C=C/C=C(/C)C(=C)SC. The van der Waals surface area contributed by atoms with Crippen LogP contribution >= 0.6 is 11.8 Å². The van der Waals surface area contributed by atoms with Crippen molar-refractivity contribution in [2.75, 3.05) is 6.26 Å². The summed E-state index contributed by atoms with van der Waals surface area (Å²) in [6, 6.07) is 0. The quantitative estimate of drug-likeness (QED) is 0.543. The van der Waals surface area contributed by atoms with Gasteiger partial charge in [0.05, 0.1) is 0 Å². The lowest BCUT2D eigenvalue weighted by atomic mass is 10.3. The van der Waals surface area contributed by atoms with E-state index in [9.17, 15) is 0 Å². The van der Waals surface area contributed by atoms with E-state index in [2.05, 4.69) is 13.2 Å². The lowest BCUT2D eigenvalue weighted by molar-refractivity contribution is 1.51. The summed E-state index contributed by atoms with van der Waals surface area (Å²) in [6.07, 6.45) is 5.75. The van der Waals surface area contributed by atoms with Gasteiger partial charge in [-0.2, -0.15) is 0 Å². The van der Waals surface area contributed by atoms with E-state index in [1.54, 1.807) is 17.8 Å². The van der Waals surface area contributed by atoms with Crippen LogP contribution in [-0.4, -0.2) is 6.26 Å². The number of hydrogen-bond donors (Lipinski definition) is 0. The first-order valence-corrected chi connectivity index (χ1v) is 3.97. The van der Waals surface area contributed by atoms with Crippen LogP contribution in [0.5, 0.6) is 0 Å². The molecule has 0 aliphatic carbocycles. The maximum Gasteiger partial charge on any atom is 0.00264 e. The van der Waals surface area contributed by atoms with Gasteiger partial charge in [-0.1, -0.05) is 25.3 Å². The van der Waals surface area contributed by atoms with Crippen molar-refractivity contribution in [2.45, 2.75) is 6.92 Å². The lowest BCUT2D eigenvalue weighted by Crippen LogP contribution is -1.73. The van der Waals surface area contributed by atoms with Gasteiger partial charge in [0.25, 0.3) is 0 Å². The van der Waals surface area contributed by atoms with Crippen molar-refractivity contribution in [3.8, 4) is 0 Å². The van der Waals surface area contributed by atoms with Crippen LogP contribution in [0.3, 0.4) is 0 Å². The second kappa shape index (κ2) is 4.45. The summed E-state index contributed by atoms with van der Waals surface area (Å²) >= 11 is 1.66. The molecule has 50 valence electrons. The van der Waals surface area contributed by atoms with Crippen LogP contribution in [-0.2, 0) is 0 Å². The molecule has 0 bridgehead atoms. The molecule has 0 heterocycles. The second-order valence-corrected chi connectivity index (χ2v) is 2.61. The van der Waals surface area contributed by atoms with Crippen LogP contribution in [0.2, 0.25) is 0 Å². The zero-order valence-electron chi connectivity index (χ0n) is 5.98. The van der Waals surface area contributed by atoms with Crippen LogP contribution in [0.4, 0.5) is 0 Å². The lowest BCUT2D eigenvalue weighted by Gasteiger charge is -1.97. The Balaban J connectivity index is 4.01. The van der Waals surface area contributed by atoms with Gasteiger partial charge in [-0.3, -0.25) is 0 Å². The van der Waals surface area contributed by atoms with Crippen molar-refractivity contribution in [3.05, 3.63) is 35.8 Å². The van der Waals surface area contributed by atoms with Gasteiger partial charge in [0.2, 0.25) is 0 Å². The molecule has 9 heavy (non-hydrogen) atoms. The van der Waals surface area contributed by atoms with E-state index in [0.29, 0.717) is 0 Å². The van der Waals surface area contributed by atoms with E-state index in [4.69, 9.17) is 0 Å². The predicted octanol–water partition coefficient (Wildman–Crippen LogP) is 3.00. The fraction of sp³-hybridized carbons (Fsp3) is 0.250. The van der Waals surface area contributed by atoms with Gasteiger partial charge in [0.1, 0.15) is 0 Å². The van der Waals surface area contributed by atoms with E-state index in [0.717, 1.165) is 4.91 Å². The summed E-state index contributed by atoms with van der Waals surface area (Å²) < 4.78 is 0. The topological polar surface area (TPSA) is 0 Å². The third kappa shape index (κ3) is 3.20. The Morgan fingerprint density at radius 2 is 2.11 bits per heavy atom. The van der Waals surface area contributed by atoms with Crippen molar-refractivity contribution < 1.29 is 0 Å². The van der Waals surface area contributed by atoms with Gasteiger partial charge in [0.15, 0.2) is 0 Å². The van der Waals surface area contributed by atoms with Crippen LogP contribution in [0.15, 0.2) is 35.8 Å². The Labute approximate surface area is 61.3 Å².